The zero-order valence-corrected chi connectivity index (χ0v) is 18.3. The van der Waals surface area contributed by atoms with Crippen molar-refractivity contribution in [1.82, 2.24) is 5.32 Å². The topological polar surface area (TPSA) is 50.7 Å². The van der Waals surface area contributed by atoms with Crippen molar-refractivity contribution in [3.05, 3.63) is 60.8 Å². The molecule has 1 saturated heterocycles. The van der Waals surface area contributed by atoms with Gasteiger partial charge in [-0.1, -0.05) is 11.6 Å². The van der Waals surface area contributed by atoms with Gasteiger partial charge < -0.3 is 10.1 Å². The van der Waals surface area contributed by atoms with Crippen molar-refractivity contribution in [2.45, 2.75) is 6.92 Å². The Hall–Kier alpha value is -1.28. The number of amides is 1. The summed E-state index contributed by atoms with van der Waals surface area (Å²) in [6, 6.07) is 10.9. The van der Waals surface area contributed by atoms with Crippen LogP contribution in [0, 0.1) is 0 Å². The number of hydrogen-bond donors (Lipinski definition) is 1. The first-order chi connectivity index (χ1) is 12.5. The van der Waals surface area contributed by atoms with Crippen molar-refractivity contribution >= 4 is 78.1 Å². The highest BCUT2D eigenvalue weighted by Crippen LogP contribution is 2.36. The highest BCUT2D eigenvalue weighted by Gasteiger charge is 2.24. The first kappa shape index (κ1) is 19.5. The molecular weight excluding hydrogens is 504 g/mol. The van der Waals surface area contributed by atoms with Crippen molar-refractivity contribution in [2.75, 3.05) is 6.61 Å². The van der Waals surface area contributed by atoms with Crippen LogP contribution in [0.15, 0.2) is 55.2 Å². The second kappa shape index (κ2) is 8.61. The number of hydrogen-bond acceptors (Lipinski definition) is 4. The lowest BCUT2D eigenvalue weighted by molar-refractivity contribution is -0.115. The SMILES string of the molecule is CCOc1c(Br)cc(/C=C2\SC(=Nc3ccc(Cl)cc3)NC2=O)cc1Br. The van der Waals surface area contributed by atoms with Crippen LogP contribution in [0.3, 0.4) is 0 Å². The molecule has 0 unspecified atom stereocenters. The monoisotopic (exact) mass is 514 g/mol. The molecule has 2 aromatic carbocycles. The van der Waals surface area contributed by atoms with Crippen molar-refractivity contribution in [3.63, 3.8) is 0 Å². The van der Waals surface area contributed by atoms with E-state index in [0.717, 1.165) is 25.9 Å². The predicted octanol–water partition coefficient (Wildman–Crippen LogP) is 6.16. The Morgan fingerprint density at radius 3 is 2.50 bits per heavy atom. The number of carbonyl (C=O) groups excluding carboxylic acids is 1. The van der Waals surface area contributed by atoms with Gasteiger partial charge in [0.1, 0.15) is 5.75 Å². The molecule has 1 heterocycles. The van der Waals surface area contributed by atoms with Crippen LogP contribution in [0.5, 0.6) is 5.75 Å². The summed E-state index contributed by atoms with van der Waals surface area (Å²) in [7, 11) is 0. The lowest BCUT2D eigenvalue weighted by Crippen LogP contribution is -2.19. The number of aliphatic imine (C=N–C) groups is 1. The molecule has 0 atom stereocenters. The summed E-state index contributed by atoms with van der Waals surface area (Å²) in [6.45, 7) is 2.50. The summed E-state index contributed by atoms with van der Waals surface area (Å²) in [5, 5.41) is 3.95. The van der Waals surface area contributed by atoms with Gasteiger partial charge in [-0.15, -0.1) is 0 Å². The summed E-state index contributed by atoms with van der Waals surface area (Å²) in [5.41, 5.74) is 1.60. The molecule has 134 valence electrons. The minimum absolute atomic E-state index is 0.177. The third kappa shape index (κ3) is 4.71. The molecule has 1 aliphatic rings. The van der Waals surface area contributed by atoms with Crippen LogP contribution in [0.4, 0.5) is 5.69 Å². The lowest BCUT2D eigenvalue weighted by atomic mass is 10.2. The molecule has 4 nitrogen and oxygen atoms in total. The molecule has 1 N–H and O–H groups in total. The molecule has 3 rings (SSSR count). The highest BCUT2D eigenvalue weighted by molar-refractivity contribution is 9.11. The van der Waals surface area contributed by atoms with Crippen LogP contribution >= 0.6 is 55.2 Å². The van der Waals surface area contributed by atoms with E-state index in [1.165, 1.54) is 11.8 Å². The number of nitrogens with one attached hydrogen (secondary N) is 1. The predicted molar refractivity (Wildman–Crippen MR) is 115 cm³/mol. The van der Waals surface area contributed by atoms with E-state index in [9.17, 15) is 4.79 Å². The van der Waals surface area contributed by atoms with Gasteiger partial charge in [-0.3, -0.25) is 4.79 Å². The Morgan fingerprint density at radius 2 is 1.88 bits per heavy atom. The van der Waals surface area contributed by atoms with Crippen LogP contribution in [-0.2, 0) is 4.79 Å². The second-order valence-electron chi connectivity index (χ2n) is 5.20. The summed E-state index contributed by atoms with van der Waals surface area (Å²) >= 11 is 14.2. The number of amidine groups is 1. The molecule has 26 heavy (non-hydrogen) atoms. The van der Waals surface area contributed by atoms with E-state index >= 15 is 0 Å². The van der Waals surface area contributed by atoms with E-state index in [-0.39, 0.29) is 5.91 Å². The minimum atomic E-state index is -0.177. The molecular formula is C18H13Br2ClN2O2S. The van der Waals surface area contributed by atoms with Crippen molar-refractivity contribution in [1.29, 1.82) is 0 Å². The van der Waals surface area contributed by atoms with Gasteiger partial charge in [0.2, 0.25) is 0 Å². The fourth-order valence-corrected chi connectivity index (χ4v) is 4.63. The van der Waals surface area contributed by atoms with Crippen LogP contribution in [0.2, 0.25) is 5.02 Å². The van der Waals surface area contributed by atoms with Crippen LogP contribution in [0.25, 0.3) is 6.08 Å². The van der Waals surface area contributed by atoms with Gasteiger partial charge in [0.05, 0.1) is 26.1 Å². The van der Waals surface area contributed by atoms with Gasteiger partial charge in [-0.2, -0.15) is 0 Å². The molecule has 0 aromatic heterocycles. The molecule has 0 radical (unpaired) electrons. The average Bonchev–Trinajstić information content (AvgIpc) is 2.92. The Kier molecular flexibility index (Phi) is 6.45. The zero-order chi connectivity index (χ0) is 18.7. The Labute approximate surface area is 177 Å². The fraction of sp³-hybridized carbons (Fsp3) is 0.111. The number of ether oxygens (including phenoxy) is 1. The Balaban J connectivity index is 1.84. The van der Waals surface area contributed by atoms with Gasteiger partial charge >= 0.3 is 0 Å². The summed E-state index contributed by atoms with van der Waals surface area (Å²) in [5.74, 6) is 0.562. The molecule has 2 aromatic rings. The number of rotatable bonds is 4. The largest absolute Gasteiger partial charge is 0.492 e. The maximum atomic E-state index is 12.2. The van der Waals surface area contributed by atoms with Gasteiger partial charge in [-0.05, 0) is 98.6 Å². The zero-order valence-electron chi connectivity index (χ0n) is 13.6. The van der Waals surface area contributed by atoms with E-state index in [4.69, 9.17) is 16.3 Å². The normalized spacial score (nSPS) is 17.0. The number of thioether (sulfide) groups is 1. The van der Waals surface area contributed by atoms with Gasteiger partial charge in [0.25, 0.3) is 5.91 Å². The average molecular weight is 517 g/mol. The van der Waals surface area contributed by atoms with E-state index in [2.05, 4.69) is 42.2 Å². The third-order valence-electron chi connectivity index (χ3n) is 3.32. The van der Waals surface area contributed by atoms with E-state index in [0.29, 0.717) is 21.7 Å². The fourth-order valence-electron chi connectivity index (χ4n) is 2.21. The summed E-state index contributed by atoms with van der Waals surface area (Å²) < 4.78 is 7.22. The second-order valence-corrected chi connectivity index (χ2v) is 8.38. The smallest absolute Gasteiger partial charge is 0.264 e. The van der Waals surface area contributed by atoms with E-state index in [1.807, 2.05) is 25.1 Å². The maximum absolute atomic E-state index is 12.2. The quantitative estimate of drug-likeness (QED) is 0.496. The molecule has 0 saturated carbocycles. The standard InChI is InChI=1S/C18H13Br2ClN2O2S/c1-2-25-16-13(19)7-10(8-14(16)20)9-15-17(24)23-18(26-15)22-12-5-3-11(21)4-6-12/h3-9H,2H2,1H3,(H,22,23,24)/b15-9-. The van der Waals surface area contributed by atoms with Crippen molar-refractivity contribution in [2.24, 2.45) is 4.99 Å². The molecule has 0 spiro atoms. The van der Waals surface area contributed by atoms with E-state index < -0.39 is 0 Å². The van der Waals surface area contributed by atoms with Gasteiger partial charge in [0, 0.05) is 5.02 Å². The highest BCUT2D eigenvalue weighted by atomic mass is 79.9. The van der Waals surface area contributed by atoms with Crippen molar-refractivity contribution in [3.8, 4) is 5.75 Å². The van der Waals surface area contributed by atoms with Crippen LogP contribution < -0.4 is 10.1 Å². The summed E-state index contributed by atoms with van der Waals surface area (Å²) in [4.78, 5) is 17.2. The van der Waals surface area contributed by atoms with Crippen molar-refractivity contribution < 1.29 is 9.53 Å². The third-order valence-corrected chi connectivity index (χ3v) is 5.66. The molecule has 0 aliphatic carbocycles. The van der Waals surface area contributed by atoms with Gasteiger partial charge in [-0.25, -0.2) is 4.99 Å². The molecule has 1 fully saturated rings. The number of carbonyl (C=O) groups is 1. The first-order valence-corrected chi connectivity index (χ1v) is 10.4. The van der Waals surface area contributed by atoms with Crippen LogP contribution in [-0.4, -0.2) is 17.7 Å². The minimum Gasteiger partial charge on any atom is -0.492 e. The molecule has 0 bridgehead atoms. The van der Waals surface area contributed by atoms with E-state index in [1.54, 1.807) is 24.3 Å². The molecule has 8 heteroatoms. The number of halogens is 3. The van der Waals surface area contributed by atoms with Gasteiger partial charge in [0.15, 0.2) is 5.17 Å². The first-order valence-electron chi connectivity index (χ1n) is 7.63. The Bertz CT molecular complexity index is 891. The molecule has 1 amide bonds. The lowest BCUT2D eigenvalue weighted by Gasteiger charge is -2.09. The van der Waals surface area contributed by atoms with Crippen LogP contribution in [0.1, 0.15) is 12.5 Å². The summed E-state index contributed by atoms with van der Waals surface area (Å²) in [6.07, 6.45) is 1.82. The number of nitrogens with zero attached hydrogens (tertiary/aromatic N) is 1. The maximum Gasteiger partial charge on any atom is 0.264 e. The molecule has 1 aliphatic heterocycles. The number of benzene rings is 2. The Morgan fingerprint density at radius 1 is 1.23 bits per heavy atom.